The average Bonchev–Trinajstić information content (AvgIpc) is 3.31. The van der Waals surface area contributed by atoms with Crippen LogP contribution in [0.2, 0.25) is 0 Å². The standard InChI is InChI=1S/C18H14N4O3S2/c23-15(19-12-5-3-6-13-18(12)22-27-21-13)10-25-17(24)9-8-16-20-11-4-1-2-7-14(11)26-16/h1-7H,8-10H2,(H,19,23). The van der Waals surface area contributed by atoms with Gasteiger partial charge in [0, 0.05) is 6.42 Å². The van der Waals surface area contributed by atoms with Crippen LogP contribution in [0.5, 0.6) is 0 Å². The Hall–Kier alpha value is -2.91. The summed E-state index contributed by atoms with van der Waals surface area (Å²) in [7, 11) is 0. The second-order valence-corrected chi connectivity index (χ2v) is 7.37. The van der Waals surface area contributed by atoms with Crippen LogP contribution in [0, 0.1) is 0 Å². The minimum absolute atomic E-state index is 0.179. The van der Waals surface area contributed by atoms with Crippen molar-refractivity contribution in [3.05, 3.63) is 47.5 Å². The highest BCUT2D eigenvalue weighted by molar-refractivity contribution is 7.18. The molecule has 2 heterocycles. The number of thiazole rings is 1. The molecule has 0 unspecified atom stereocenters. The number of hydrogen-bond acceptors (Lipinski definition) is 8. The number of carbonyl (C=O) groups excluding carboxylic acids is 2. The van der Waals surface area contributed by atoms with Gasteiger partial charge in [0.05, 0.1) is 39.1 Å². The molecule has 2 aromatic carbocycles. The van der Waals surface area contributed by atoms with Crippen molar-refractivity contribution >= 4 is 61.9 Å². The zero-order valence-corrected chi connectivity index (χ0v) is 15.7. The number of nitrogens with zero attached hydrogens (tertiary/aromatic N) is 3. The highest BCUT2D eigenvalue weighted by atomic mass is 32.1. The number of esters is 1. The van der Waals surface area contributed by atoms with E-state index in [1.165, 1.54) is 0 Å². The van der Waals surface area contributed by atoms with Gasteiger partial charge >= 0.3 is 5.97 Å². The highest BCUT2D eigenvalue weighted by Gasteiger charge is 2.12. The fourth-order valence-electron chi connectivity index (χ4n) is 2.55. The minimum Gasteiger partial charge on any atom is -0.456 e. The van der Waals surface area contributed by atoms with E-state index in [1.807, 2.05) is 30.3 Å². The smallest absolute Gasteiger partial charge is 0.306 e. The molecule has 0 saturated heterocycles. The number of rotatable bonds is 6. The van der Waals surface area contributed by atoms with E-state index in [0.29, 0.717) is 23.1 Å². The van der Waals surface area contributed by atoms with E-state index in [9.17, 15) is 9.59 Å². The number of anilines is 1. The van der Waals surface area contributed by atoms with Crippen LogP contribution in [0.1, 0.15) is 11.4 Å². The lowest BCUT2D eigenvalue weighted by Gasteiger charge is -2.06. The summed E-state index contributed by atoms with van der Waals surface area (Å²) in [5.74, 6) is -0.846. The first kappa shape index (κ1) is 17.5. The number of aryl methyl sites for hydroxylation is 1. The van der Waals surface area contributed by atoms with Gasteiger partial charge in [0.2, 0.25) is 0 Å². The van der Waals surface area contributed by atoms with Crippen molar-refractivity contribution in [2.75, 3.05) is 11.9 Å². The van der Waals surface area contributed by atoms with E-state index in [2.05, 4.69) is 19.0 Å². The summed E-state index contributed by atoms with van der Waals surface area (Å²) in [6.07, 6.45) is 0.669. The molecule has 0 fully saturated rings. The van der Waals surface area contributed by atoms with Gasteiger partial charge in [-0.05, 0) is 24.3 Å². The summed E-state index contributed by atoms with van der Waals surface area (Å²) in [5.41, 5.74) is 2.82. The predicted octanol–water partition coefficient (Wildman–Crippen LogP) is 3.42. The van der Waals surface area contributed by atoms with E-state index in [4.69, 9.17) is 4.74 Å². The van der Waals surface area contributed by atoms with Gasteiger partial charge < -0.3 is 10.1 Å². The lowest BCUT2D eigenvalue weighted by Crippen LogP contribution is -2.21. The van der Waals surface area contributed by atoms with Gasteiger partial charge in [-0.25, -0.2) is 4.98 Å². The zero-order valence-electron chi connectivity index (χ0n) is 14.0. The third-order valence-corrected chi connectivity index (χ3v) is 5.44. The number of nitrogens with one attached hydrogen (secondary N) is 1. The van der Waals surface area contributed by atoms with Crippen LogP contribution in [-0.4, -0.2) is 32.2 Å². The largest absolute Gasteiger partial charge is 0.456 e. The fraction of sp³-hybridized carbons (Fsp3) is 0.167. The van der Waals surface area contributed by atoms with E-state index in [0.717, 1.165) is 27.0 Å². The third-order valence-electron chi connectivity index (χ3n) is 3.81. The monoisotopic (exact) mass is 398 g/mol. The fourth-order valence-corrected chi connectivity index (χ4v) is 4.06. The Kier molecular flexibility index (Phi) is 5.03. The number of amides is 1. The van der Waals surface area contributed by atoms with Crippen LogP contribution in [-0.2, 0) is 20.7 Å². The first-order chi connectivity index (χ1) is 13.2. The number of fused-ring (bicyclic) bond motifs is 2. The highest BCUT2D eigenvalue weighted by Crippen LogP contribution is 2.23. The summed E-state index contributed by atoms with van der Waals surface area (Å²) in [5, 5.41) is 3.57. The van der Waals surface area contributed by atoms with Gasteiger partial charge in [-0.3, -0.25) is 9.59 Å². The Morgan fingerprint density at radius 3 is 2.78 bits per heavy atom. The molecule has 9 heteroatoms. The zero-order chi connectivity index (χ0) is 18.6. The molecule has 136 valence electrons. The molecule has 0 saturated carbocycles. The number of hydrogen-bond donors (Lipinski definition) is 1. The Bertz CT molecular complexity index is 1090. The van der Waals surface area contributed by atoms with Crippen LogP contribution < -0.4 is 5.32 Å². The molecule has 0 atom stereocenters. The maximum Gasteiger partial charge on any atom is 0.306 e. The second kappa shape index (κ2) is 7.77. The molecule has 0 radical (unpaired) electrons. The molecular formula is C18H14N4O3S2. The summed E-state index contributed by atoms with van der Waals surface area (Å²) in [4.78, 5) is 28.4. The lowest BCUT2D eigenvalue weighted by molar-refractivity contribution is -0.147. The predicted molar refractivity (Wildman–Crippen MR) is 105 cm³/mol. The summed E-state index contributed by atoms with van der Waals surface area (Å²) < 4.78 is 14.4. The Labute approximate surface area is 162 Å². The van der Waals surface area contributed by atoms with Gasteiger partial charge in [-0.1, -0.05) is 18.2 Å². The molecule has 1 amide bonds. The van der Waals surface area contributed by atoms with Crippen LogP contribution in [0.15, 0.2) is 42.5 Å². The van der Waals surface area contributed by atoms with E-state index < -0.39 is 11.9 Å². The van der Waals surface area contributed by atoms with Crippen molar-refractivity contribution in [1.82, 2.24) is 13.7 Å². The van der Waals surface area contributed by atoms with Crippen molar-refractivity contribution in [3.8, 4) is 0 Å². The average molecular weight is 398 g/mol. The molecule has 0 spiro atoms. The SMILES string of the molecule is O=C(COC(=O)CCc1nc2ccccc2s1)Nc1cccc2nsnc12. The van der Waals surface area contributed by atoms with Crippen LogP contribution in [0.4, 0.5) is 5.69 Å². The maximum absolute atomic E-state index is 12.0. The maximum atomic E-state index is 12.0. The second-order valence-electron chi connectivity index (χ2n) is 5.72. The molecule has 0 aliphatic rings. The molecule has 27 heavy (non-hydrogen) atoms. The van der Waals surface area contributed by atoms with Gasteiger partial charge in [-0.15, -0.1) is 11.3 Å². The van der Waals surface area contributed by atoms with Gasteiger partial charge in [0.1, 0.15) is 11.0 Å². The number of ether oxygens (including phenoxy) is 1. The van der Waals surface area contributed by atoms with Gasteiger partial charge in [-0.2, -0.15) is 8.75 Å². The number of para-hydroxylation sites is 1. The normalized spacial score (nSPS) is 11.0. The summed E-state index contributed by atoms with van der Waals surface area (Å²) in [6, 6.07) is 13.2. The molecular weight excluding hydrogens is 384 g/mol. The Morgan fingerprint density at radius 2 is 1.89 bits per heavy atom. The van der Waals surface area contributed by atoms with Crippen molar-refractivity contribution in [2.45, 2.75) is 12.8 Å². The topological polar surface area (TPSA) is 94.1 Å². The third kappa shape index (κ3) is 4.09. The Balaban J connectivity index is 1.27. The molecule has 0 aliphatic carbocycles. The number of aromatic nitrogens is 3. The lowest BCUT2D eigenvalue weighted by atomic mass is 10.2. The van der Waals surface area contributed by atoms with Crippen LogP contribution in [0.25, 0.3) is 21.3 Å². The molecule has 0 aliphatic heterocycles. The van der Waals surface area contributed by atoms with Crippen molar-refractivity contribution in [1.29, 1.82) is 0 Å². The van der Waals surface area contributed by atoms with Gasteiger partial charge in [0.15, 0.2) is 6.61 Å². The van der Waals surface area contributed by atoms with Crippen molar-refractivity contribution in [2.24, 2.45) is 0 Å². The van der Waals surface area contributed by atoms with E-state index in [-0.39, 0.29) is 13.0 Å². The molecule has 4 rings (SSSR count). The molecule has 2 aromatic heterocycles. The quantitative estimate of drug-likeness (QED) is 0.500. The molecule has 1 N–H and O–H groups in total. The number of carbonyl (C=O) groups is 2. The molecule has 0 bridgehead atoms. The number of benzene rings is 2. The first-order valence-corrected chi connectivity index (χ1v) is 9.75. The van der Waals surface area contributed by atoms with Gasteiger partial charge in [0.25, 0.3) is 5.91 Å². The Morgan fingerprint density at radius 1 is 1.04 bits per heavy atom. The first-order valence-electron chi connectivity index (χ1n) is 8.20. The minimum atomic E-state index is -0.432. The molecule has 7 nitrogen and oxygen atoms in total. The van der Waals surface area contributed by atoms with Crippen molar-refractivity contribution < 1.29 is 14.3 Å². The summed E-state index contributed by atoms with van der Waals surface area (Å²) >= 11 is 2.63. The van der Waals surface area contributed by atoms with Crippen LogP contribution >= 0.6 is 23.1 Å². The molecule has 4 aromatic rings. The van der Waals surface area contributed by atoms with E-state index >= 15 is 0 Å². The van der Waals surface area contributed by atoms with Crippen molar-refractivity contribution in [3.63, 3.8) is 0 Å². The summed E-state index contributed by atoms with van der Waals surface area (Å²) in [6.45, 7) is -0.341. The van der Waals surface area contributed by atoms with Crippen LogP contribution in [0.3, 0.4) is 0 Å². The van der Waals surface area contributed by atoms with E-state index in [1.54, 1.807) is 23.5 Å².